The van der Waals surface area contributed by atoms with E-state index in [2.05, 4.69) is 5.32 Å². The third-order valence-corrected chi connectivity index (χ3v) is 4.04. The Morgan fingerprint density at radius 1 is 1.32 bits per heavy atom. The minimum Gasteiger partial charge on any atom is -0.396 e. The quantitative estimate of drug-likeness (QED) is 0.744. The molecule has 0 radical (unpaired) electrons. The number of nitrogens with one attached hydrogen (secondary N) is 1. The zero-order valence-electron chi connectivity index (χ0n) is 11.5. The zero-order chi connectivity index (χ0) is 15.9. The number of fused-ring (bicyclic) bond motifs is 1. The van der Waals surface area contributed by atoms with Gasteiger partial charge in [-0.3, -0.25) is 4.79 Å². The van der Waals surface area contributed by atoms with Crippen molar-refractivity contribution in [3.63, 3.8) is 0 Å². The molecule has 0 saturated heterocycles. The van der Waals surface area contributed by atoms with Crippen molar-refractivity contribution in [3.8, 4) is 0 Å². The van der Waals surface area contributed by atoms with Crippen LogP contribution in [0.5, 0.6) is 0 Å². The number of nitrogens with two attached hydrogens (primary N) is 1. The van der Waals surface area contributed by atoms with Gasteiger partial charge in [-0.2, -0.15) is 0 Å². The second kappa shape index (κ2) is 5.59. The highest BCUT2D eigenvalue weighted by atomic mass is 35.5. The average molecular weight is 321 g/mol. The molecule has 0 spiro atoms. The molecule has 4 N–H and O–H groups in total. The van der Waals surface area contributed by atoms with Gasteiger partial charge in [0.2, 0.25) is 0 Å². The van der Waals surface area contributed by atoms with Crippen molar-refractivity contribution >= 4 is 23.2 Å². The van der Waals surface area contributed by atoms with Gasteiger partial charge >= 0.3 is 0 Å². The van der Waals surface area contributed by atoms with Gasteiger partial charge in [0.15, 0.2) is 0 Å². The van der Waals surface area contributed by atoms with Crippen molar-refractivity contribution < 1.29 is 14.3 Å². The highest BCUT2D eigenvalue weighted by molar-refractivity contribution is 6.30. The third kappa shape index (κ3) is 2.65. The lowest BCUT2D eigenvalue weighted by molar-refractivity contribution is 0.0858. The summed E-state index contributed by atoms with van der Waals surface area (Å²) in [7, 11) is 0. The Morgan fingerprint density at radius 3 is 2.82 bits per heavy atom. The van der Waals surface area contributed by atoms with Crippen LogP contribution in [0.25, 0.3) is 0 Å². The summed E-state index contributed by atoms with van der Waals surface area (Å²) in [6.07, 6.45) is -0.279. The van der Waals surface area contributed by atoms with Gasteiger partial charge in [-0.05, 0) is 41.5 Å². The van der Waals surface area contributed by atoms with E-state index in [0.717, 1.165) is 17.2 Å². The first-order valence-corrected chi connectivity index (χ1v) is 7.16. The molecule has 0 bridgehead atoms. The van der Waals surface area contributed by atoms with Crippen molar-refractivity contribution in [2.75, 3.05) is 5.73 Å². The van der Waals surface area contributed by atoms with Gasteiger partial charge in [-0.25, -0.2) is 4.39 Å². The van der Waals surface area contributed by atoms with E-state index >= 15 is 0 Å². The molecule has 4 nitrogen and oxygen atoms in total. The van der Waals surface area contributed by atoms with E-state index < -0.39 is 23.9 Å². The molecule has 0 heterocycles. The Balaban J connectivity index is 1.85. The maximum atomic E-state index is 13.2. The monoisotopic (exact) mass is 320 g/mol. The molecule has 1 aliphatic rings. The van der Waals surface area contributed by atoms with E-state index in [4.69, 9.17) is 17.3 Å². The fourth-order valence-electron chi connectivity index (χ4n) is 2.68. The van der Waals surface area contributed by atoms with Gasteiger partial charge in [0, 0.05) is 17.0 Å². The summed E-state index contributed by atoms with van der Waals surface area (Å²) >= 11 is 5.98. The van der Waals surface area contributed by atoms with Gasteiger partial charge in [0.1, 0.15) is 5.82 Å². The van der Waals surface area contributed by atoms with Crippen LogP contribution in [0.2, 0.25) is 5.02 Å². The summed E-state index contributed by atoms with van der Waals surface area (Å²) in [5.74, 6) is -1.00. The number of amides is 1. The number of carbonyl (C=O) groups is 1. The lowest BCUT2D eigenvalue weighted by atomic mass is 10.1. The van der Waals surface area contributed by atoms with Crippen LogP contribution in [0.15, 0.2) is 36.4 Å². The fourth-order valence-corrected chi connectivity index (χ4v) is 2.86. The highest BCUT2D eigenvalue weighted by Gasteiger charge is 2.32. The Kier molecular flexibility index (Phi) is 3.76. The molecule has 6 heteroatoms. The lowest BCUT2D eigenvalue weighted by Gasteiger charge is -2.18. The first kappa shape index (κ1) is 14.8. The molecule has 0 fully saturated rings. The SMILES string of the molecule is Nc1cc(C(=O)N[C@@H]2c3cc(Cl)ccc3C[C@@H]2O)ccc1F. The summed E-state index contributed by atoms with van der Waals surface area (Å²) in [6, 6.07) is 8.53. The van der Waals surface area contributed by atoms with Crippen molar-refractivity contribution in [3.05, 3.63) is 63.9 Å². The minimum absolute atomic E-state index is 0.0944. The number of anilines is 1. The second-order valence-electron chi connectivity index (χ2n) is 5.30. The number of benzene rings is 2. The molecular weight excluding hydrogens is 307 g/mol. The summed E-state index contributed by atoms with van der Waals surface area (Å²) in [6.45, 7) is 0. The Bertz CT molecular complexity index is 751. The molecule has 2 atom stereocenters. The van der Waals surface area contributed by atoms with E-state index in [1.807, 2.05) is 6.07 Å². The van der Waals surface area contributed by atoms with Crippen LogP contribution in [0.1, 0.15) is 27.5 Å². The van der Waals surface area contributed by atoms with Crippen LogP contribution in [0.4, 0.5) is 10.1 Å². The van der Waals surface area contributed by atoms with Gasteiger partial charge < -0.3 is 16.2 Å². The molecular formula is C16H14ClFN2O2. The summed E-state index contributed by atoms with van der Waals surface area (Å²) in [5.41, 5.74) is 7.35. The molecule has 2 aromatic rings. The molecule has 114 valence electrons. The third-order valence-electron chi connectivity index (χ3n) is 3.80. The number of nitrogen functional groups attached to an aromatic ring is 1. The average Bonchev–Trinajstić information content (AvgIpc) is 2.78. The van der Waals surface area contributed by atoms with Crippen LogP contribution < -0.4 is 11.1 Å². The Hall–Kier alpha value is -2.11. The zero-order valence-corrected chi connectivity index (χ0v) is 12.3. The van der Waals surface area contributed by atoms with Crippen LogP contribution in [0.3, 0.4) is 0 Å². The minimum atomic E-state index is -0.727. The number of halogens is 2. The maximum absolute atomic E-state index is 13.2. The number of hydrogen-bond acceptors (Lipinski definition) is 3. The largest absolute Gasteiger partial charge is 0.396 e. The van der Waals surface area contributed by atoms with Crippen molar-refractivity contribution in [2.45, 2.75) is 18.6 Å². The van der Waals surface area contributed by atoms with Crippen molar-refractivity contribution in [2.24, 2.45) is 0 Å². The maximum Gasteiger partial charge on any atom is 0.251 e. The molecule has 1 amide bonds. The molecule has 0 aliphatic heterocycles. The van der Waals surface area contributed by atoms with Gasteiger partial charge in [0.05, 0.1) is 17.8 Å². The number of carbonyl (C=O) groups excluding carboxylic acids is 1. The molecule has 3 rings (SSSR count). The van der Waals surface area contributed by atoms with Crippen LogP contribution in [0, 0.1) is 5.82 Å². The predicted molar refractivity (Wildman–Crippen MR) is 82.2 cm³/mol. The number of hydrogen-bond donors (Lipinski definition) is 3. The van der Waals surface area contributed by atoms with E-state index in [-0.39, 0.29) is 11.3 Å². The molecule has 22 heavy (non-hydrogen) atoms. The predicted octanol–water partition coefficient (Wildman–Crippen LogP) is 2.45. The first-order valence-electron chi connectivity index (χ1n) is 6.78. The smallest absolute Gasteiger partial charge is 0.251 e. The molecule has 2 aromatic carbocycles. The van der Waals surface area contributed by atoms with E-state index in [1.54, 1.807) is 12.1 Å². The Labute approximate surface area is 131 Å². The van der Waals surface area contributed by atoms with Gasteiger partial charge in [0.25, 0.3) is 5.91 Å². The fraction of sp³-hybridized carbons (Fsp3) is 0.188. The standard InChI is InChI=1S/C16H14ClFN2O2/c17-10-3-1-8-6-14(21)15(11(8)7-10)20-16(22)9-2-4-12(18)13(19)5-9/h1-5,7,14-15,21H,6,19H2,(H,20,22)/t14-,15+/m0/s1. The summed E-state index contributed by atoms with van der Waals surface area (Å²) in [4.78, 5) is 12.3. The van der Waals surface area contributed by atoms with Gasteiger partial charge in [-0.1, -0.05) is 17.7 Å². The lowest BCUT2D eigenvalue weighted by Crippen LogP contribution is -2.33. The number of rotatable bonds is 2. The molecule has 1 aliphatic carbocycles. The van der Waals surface area contributed by atoms with Crippen molar-refractivity contribution in [1.29, 1.82) is 0 Å². The molecule has 0 unspecified atom stereocenters. The highest BCUT2D eigenvalue weighted by Crippen LogP contribution is 2.33. The molecule has 0 aromatic heterocycles. The molecule has 0 saturated carbocycles. The van der Waals surface area contributed by atoms with Crippen molar-refractivity contribution in [1.82, 2.24) is 5.32 Å². The van der Waals surface area contributed by atoms with E-state index in [0.29, 0.717) is 11.4 Å². The van der Waals surface area contributed by atoms with Crippen LogP contribution >= 0.6 is 11.6 Å². The summed E-state index contributed by atoms with van der Waals surface area (Å²) in [5, 5.41) is 13.4. The second-order valence-corrected chi connectivity index (χ2v) is 5.74. The number of aliphatic hydroxyl groups is 1. The van der Waals surface area contributed by atoms with E-state index in [1.165, 1.54) is 12.1 Å². The normalized spacial score (nSPS) is 19.8. The summed E-state index contributed by atoms with van der Waals surface area (Å²) < 4.78 is 13.2. The first-order chi connectivity index (χ1) is 10.5. The van der Waals surface area contributed by atoms with Crippen LogP contribution in [-0.4, -0.2) is 17.1 Å². The topological polar surface area (TPSA) is 75.4 Å². The van der Waals surface area contributed by atoms with E-state index in [9.17, 15) is 14.3 Å². The number of aliphatic hydroxyl groups excluding tert-OH is 1. The van der Waals surface area contributed by atoms with Gasteiger partial charge in [-0.15, -0.1) is 0 Å². The Morgan fingerprint density at radius 2 is 2.09 bits per heavy atom. The van der Waals surface area contributed by atoms with Crippen LogP contribution in [-0.2, 0) is 6.42 Å².